The standard InChI is InChI=1S/C22H22N2O4/c1-15(25)19-14-18(24-9-11-28-12-10-24)7-6-17(19)5-3-16-4-8-21(23-2)20(13-16)22(26)27/h4,6-8,13-14,23H,9-12H2,1-2H3,(H,26,27). The summed E-state index contributed by atoms with van der Waals surface area (Å²) in [6.45, 7) is 4.45. The van der Waals surface area contributed by atoms with Crippen LogP contribution in [-0.2, 0) is 4.74 Å². The zero-order chi connectivity index (χ0) is 20.1. The van der Waals surface area contributed by atoms with Crippen LogP contribution < -0.4 is 10.2 Å². The molecule has 0 aromatic heterocycles. The molecule has 144 valence electrons. The van der Waals surface area contributed by atoms with Crippen molar-refractivity contribution in [3.8, 4) is 11.8 Å². The number of hydrogen-bond acceptors (Lipinski definition) is 5. The molecular formula is C22H22N2O4. The number of aromatic carboxylic acids is 1. The average molecular weight is 378 g/mol. The minimum atomic E-state index is -1.02. The normalized spacial score (nSPS) is 13.4. The first-order valence-corrected chi connectivity index (χ1v) is 9.04. The summed E-state index contributed by atoms with van der Waals surface area (Å²) >= 11 is 0. The van der Waals surface area contributed by atoms with Crippen molar-refractivity contribution in [2.24, 2.45) is 0 Å². The van der Waals surface area contributed by atoms with Crippen LogP contribution in [0.1, 0.15) is 38.8 Å². The van der Waals surface area contributed by atoms with Gasteiger partial charge in [0.1, 0.15) is 0 Å². The molecule has 0 saturated carbocycles. The van der Waals surface area contributed by atoms with Gasteiger partial charge in [-0.15, -0.1) is 0 Å². The lowest BCUT2D eigenvalue weighted by atomic mass is 10.0. The molecule has 1 saturated heterocycles. The van der Waals surface area contributed by atoms with Crippen molar-refractivity contribution in [2.75, 3.05) is 43.6 Å². The lowest BCUT2D eigenvalue weighted by molar-refractivity contribution is 0.0697. The van der Waals surface area contributed by atoms with E-state index in [-0.39, 0.29) is 11.3 Å². The molecule has 0 aliphatic carbocycles. The van der Waals surface area contributed by atoms with Crippen LogP contribution in [0.15, 0.2) is 36.4 Å². The number of carbonyl (C=O) groups is 2. The smallest absolute Gasteiger partial charge is 0.337 e. The number of ether oxygens (including phenoxy) is 1. The molecule has 1 aliphatic heterocycles. The molecule has 2 N–H and O–H groups in total. The fourth-order valence-corrected chi connectivity index (χ4v) is 3.11. The summed E-state index contributed by atoms with van der Waals surface area (Å²) in [7, 11) is 1.67. The molecule has 0 spiro atoms. The molecule has 2 aromatic rings. The van der Waals surface area contributed by atoms with Crippen molar-refractivity contribution in [2.45, 2.75) is 6.92 Å². The molecule has 0 unspecified atom stereocenters. The lowest BCUT2D eigenvalue weighted by Gasteiger charge is -2.29. The Kier molecular flexibility index (Phi) is 5.97. The number of ketones is 1. The van der Waals surface area contributed by atoms with E-state index in [1.165, 1.54) is 13.0 Å². The van der Waals surface area contributed by atoms with E-state index in [2.05, 4.69) is 22.1 Å². The average Bonchev–Trinajstić information content (AvgIpc) is 2.72. The Hall–Kier alpha value is -3.30. The summed E-state index contributed by atoms with van der Waals surface area (Å²) in [4.78, 5) is 25.7. The molecule has 28 heavy (non-hydrogen) atoms. The van der Waals surface area contributed by atoms with Crippen molar-refractivity contribution < 1.29 is 19.4 Å². The molecule has 0 radical (unpaired) electrons. The maximum Gasteiger partial charge on any atom is 0.337 e. The predicted molar refractivity (Wildman–Crippen MR) is 108 cm³/mol. The van der Waals surface area contributed by atoms with E-state index in [4.69, 9.17) is 4.74 Å². The highest BCUT2D eigenvalue weighted by Gasteiger charge is 2.14. The minimum absolute atomic E-state index is 0.0591. The molecule has 0 bridgehead atoms. The summed E-state index contributed by atoms with van der Waals surface area (Å²) in [5.41, 5.74) is 3.41. The Labute approximate surface area is 164 Å². The molecule has 6 nitrogen and oxygen atoms in total. The lowest BCUT2D eigenvalue weighted by Crippen LogP contribution is -2.36. The molecule has 3 rings (SSSR count). The van der Waals surface area contributed by atoms with E-state index in [1.54, 1.807) is 19.2 Å². The highest BCUT2D eigenvalue weighted by atomic mass is 16.5. The highest BCUT2D eigenvalue weighted by Crippen LogP contribution is 2.21. The van der Waals surface area contributed by atoms with Gasteiger partial charge in [-0.05, 0) is 43.3 Å². The highest BCUT2D eigenvalue weighted by molar-refractivity contribution is 5.98. The number of nitrogens with zero attached hydrogens (tertiary/aromatic N) is 1. The Balaban J connectivity index is 1.93. The molecule has 1 fully saturated rings. The third-order valence-electron chi connectivity index (χ3n) is 4.62. The Morgan fingerprint density at radius 3 is 2.46 bits per heavy atom. The number of carbonyl (C=O) groups excluding carboxylic acids is 1. The molecular weight excluding hydrogens is 356 g/mol. The number of benzene rings is 2. The quantitative estimate of drug-likeness (QED) is 0.629. The second-order valence-electron chi connectivity index (χ2n) is 6.45. The number of morpholine rings is 1. The molecule has 0 atom stereocenters. The maximum absolute atomic E-state index is 12.1. The zero-order valence-corrected chi connectivity index (χ0v) is 15.9. The number of rotatable bonds is 4. The van der Waals surface area contributed by atoms with Crippen molar-refractivity contribution in [1.29, 1.82) is 0 Å². The molecule has 1 heterocycles. The van der Waals surface area contributed by atoms with Gasteiger partial charge in [0.05, 0.1) is 18.8 Å². The van der Waals surface area contributed by atoms with Gasteiger partial charge in [-0.25, -0.2) is 4.79 Å². The fourth-order valence-electron chi connectivity index (χ4n) is 3.11. The van der Waals surface area contributed by atoms with Crippen molar-refractivity contribution >= 4 is 23.1 Å². The van der Waals surface area contributed by atoms with Crippen LogP contribution in [0.5, 0.6) is 0 Å². The van der Waals surface area contributed by atoms with Crippen LogP contribution in [0.25, 0.3) is 0 Å². The van der Waals surface area contributed by atoms with E-state index in [1.807, 2.05) is 18.2 Å². The predicted octanol–water partition coefficient (Wildman–Crippen LogP) is 2.87. The maximum atomic E-state index is 12.1. The van der Waals surface area contributed by atoms with E-state index in [0.29, 0.717) is 35.6 Å². The van der Waals surface area contributed by atoms with Gasteiger partial charge in [0.2, 0.25) is 0 Å². The molecule has 2 aromatic carbocycles. The second-order valence-corrected chi connectivity index (χ2v) is 6.45. The van der Waals surface area contributed by atoms with Gasteiger partial charge < -0.3 is 20.1 Å². The van der Waals surface area contributed by atoms with E-state index in [0.717, 1.165) is 18.8 Å². The fraction of sp³-hybridized carbons (Fsp3) is 0.273. The SMILES string of the molecule is CNc1ccc(C#Cc2ccc(N3CCOCC3)cc2C(C)=O)cc1C(=O)O. The third-order valence-corrected chi connectivity index (χ3v) is 4.62. The zero-order valence-electron chi connectivity index (χ0n) is 15.9. The van der Waals surface area contributed by atoms with E-state index >= 15 is 0 Å². The number of anilines is 2. The second kappa shape index (κ2) is 8.59. The summed E-state index contributed by atoms with van der Waals surface area (Å²) in [6.07, 6.45) is 0. The monoisotopic (exact) mass is 378 g/mol. The van der Waals surface area contributed by atoms with Gasteiger partial charge in [0.25, 0.3) is 0 Å². The van der Waals surface area contributed by atoms with Crippen molar-refractivity contribution in [1.82, 2.24) is 0 Å². The Bertz CT molecular complexity index is 966. The first-order chi connectivity index (χ1) is 13.5. The number of nitrogens with one attached hydrogen (secondary N) is 1. The number of hydrogen-bond donors (Lipinski definition) is 2. The van der Waals surface area contributed by atoms with Gasteiger partial charge in [-0.2, -0.15) is 0 Å². The van der Waals surface area contributed by atoms with Crippen molar-refractivity contribution in [3.63, 3.8) is 0 Å². The Morgan fingerprint density at radius 1 is 1.07 bits per heavy atom. The van der Waals surface area contributed by atoms with Gasteiger partial charge in [0.15, 0.2) is 5.78 Å². The number of carboxylic acid groups (broad SMARTS) is 1. The summed E-state index contributed by atoms with van der Waals surface area (Å²) in [5, 5.41) is 12.2. The topological polar surface area (TPSA) is 78.9 Å². The van der Waals surface area contributed by atoms with Crippen LogP contribution in [0.4, 0.5) is 11.4 Å². The first kappa shape index (κ1) is 19.5. The number of carboxylic acids is 1. The molecule has 0 amide bonds. The number of Topliss-reactive ketones (excluding diaryl/α,β-unsaturated/α-hetero) is 1. The van der Waals surface area contributed by atoms with Crippen LogP contribution in [0, 0.1) is 11.8 Å². The van der Waals surface area contributed by atoms with Crippen LogP contribution in [0.3, 0.4) is 0 Å². The third kappa shape index (κ3) is 4.33. The van der Waals surface area contributed by atoms with Crippen LogP contribution in [0.2, 0.25) is 0 Å². The summed E-state index contributed by atoms with van der Waals surface area (Å²) in [5.74, 6) is 4.91. The van der Waals surface area contributed by atoms with Gasteiger partial charge in [-0.3, -0.25) is 4.79 Å². The van der Waals surface area contributed by atoms with Crippen LogP contribution >= 0.6 is 0 Å². The Morgan fingerprint density at radius 2 is 1.82 bits per heavy atom. The van der Waals surface area contributed by atoms with Gasteiger partial charge in [0, 0.05) is 48.2 Å². The summed E-state index contributed by atoms with van der Waals surface area (Å²) in [6, 6.07) is 10.6. The van der Waals surface area contributed by atoms with Crippen LogP contribution in [-0.4, -0.2) is 50.2 Å². The largest absolute Gasteiger partial charge is 0.478 e. The van der Waals surface area contributed by atoms with Gasteiger partial charge >= 0.3 is 5.97 Å². The van der Waals surface area contributed by atoms with Gasteiger partial charge in [-0.1, -0.05) is 11.8 Å². The first-order valence-electron chi connectivity index (χ1n) is 9.04. The molecule has 1 aliphatic rings. The van der Waals surface area contributed by atoms with Crippen molar-refractivity contribution in [3.05, 3.63) is 58.7 Å². The summed E-state index contributed by atoms with van der Waals surface area (Å²) < 4.78 is 5.38. The minimum Gasteiger partial charge on any atom is -0.478 e. The van der Waals surface area contributed by atoms with E-state index in [9.17, 15) is 14.7 Å². The van der Waals surface area contributed by atoms with E-state index < -0.39 is 5.97 Å². The molecule has 6 heteroatoms.